The minimum absolute atomic E-state index is 0.0148. The number of carbonyl (C=O) groups is 3. The van der Waals surface area contributed by atoms with E-state index in [1.54, 1.807) is 6.92 Å². The van der Waals surface area contributed by atoms with Crippen molar-refractivity contribution >= 4 is 45.9 Å². The molecule has 3 rings (SSSR count). The quantitative estimate of drug-likeness (QED) is 0.291. The minimum atomic E-state index is -0.681. The number of thiophene rings is 1. The lowest BCUT2D eigenvalue weighted by Crippen LogP contribution is -2.16. The molecule has 0 spiro atoms. The van der Waals surface area contributed by atoms with E-state index in [1.807, 2.05) is 35.8 Å². The standard InChI is InChI=1S/C23H27N5O5S2/c1-5-14-7-9-15(10-8-14)33-11-16-26-27-23(28(16)6-2)34-12-17(29)25-21-18(22(31)32-4)13(3)19(35-21)20(24)30/h7-10H,5-6,11-12H2,1-4H3,(H2,24,30)(H,25,29). The molecule has 186 valence electrons. The Hall–Kier alpha value is -3.38. The number of primary amides is 1. The van der Waals surface area contributed by atoms with Gasteiger partial charge in [-0.15, -0.1) is 21.5 Å². The number of hydrogen-bond donors (Lipinski definition) is 2. The first kappa shape index (κ1) is 26.2. The molecule has 12 heteroatoms. The van der Waals surface area contributed by atoms with Gasteiger partial charge < -0.3 is 25.1 Å². The van der Waals surface area contributed by atoms with Crippen molar-refractivity contribution in [2.24, 2.45) is 5.73 Å². The van der Waals surface area contributed by atoms with E-state index in [4.69, 9.17) is 15.2 Å². The van der Waals surface area contributed by atoms with Crippen LogP contribution in [-0.2, 0) is 29.1 Å². The summed E-state index contributed by atoms with van der Waals surface area (Å²) in [7, 11) is 1.23. The summed E-state index contributed by atoms with van der Waals surface area (Å²) < 4.78 is 12.5. The van der Waals surface area contributed by atoms with Gasteiger partial charge in [-0.25, -0.2) is 4.79 Å². The van der Waals surface area contributed by atoms with Crippen LogP contribution in [-0.4, -0.2) is 45.4 Å². The molecule has 35 heavy (non-hydrogen) atoms. The molecule has 3 N–H and O–H groups in total. The maximum Gasteiger partial charge on any atom is 0.341 e. The number of nitrogens with two attached hydrogens (primary N) is 1. The second-order valence-electron chi connectivity index (χ2n) is 7.38. The Morgan fingerprint density at radius 2 is 1.89 bits per heavy atom. The van der Waals surface area contributed by atoms with Crippen molar-refractivity contribution in [2.75, 3.05) is 18.2 Å². The fourth-order valence-corrected chi connectivity index (χ4v) is 5.18. The summed E-state index contributed by atoms with van der Waals surface area (Å²) in [5.74, 6) is -0.321. The lowest BCUT2D eigenvalue weighted by atomic mass is 10.1. The van der Waals surface area contributed by atoms with Crippen LogP contribution < -0.4 is 15.8 Å². The molecule has 0 bridgehead atoms. The number of thioether (sulfide) groups is 1. The Morgan fingerprint density at radius 1 is 1.17 bits per heavy atom. The average molecular weight is 518 g/mol. The molecule has 2 amide bonds. The molecule has 0 saturated carbocycles. The van der Waals surface area contributed by atoms with Crippen LogP contribution in [0, 0.1) is 6.92 Å². The van der Waals surface area contributed by atoms with Gasteiger partial charge >= 0.3 is 5.97 Å². The van der Waals surface area contributed by atoms with Crippen LogP contribution in [0.3, 0.4) is 0 Å². The molecule has 0 aliphatic heterocycles. The average Bonchev–Trinajstić information content (AvgIpc) is 3.40. The zero-order chi connectivity index (χ0) is 25.5. The van der Waals surface area contributed by atoms with Gasteiger partial charge in [0.15, 0.2) is 11.0 Å². The third-order valence-corrected chi connectivity index (χ3v) is 7.34. The maximum atomic E-state index is 12.6. The van der Waals surface area contributed by atoms with Gasteiger partial charge in [0, 0.05) is 6.54 Å². The van der Waals surface area contributed by atoms with Gasteiger partial charge in [0.1, 0.15) is 17.4 Å². The zero-order valence-electron chi connectivity index (χ0n) is 19.9. The predicted octanol–water partition coefficient (Wildman–Crippen LogP) is 3.43. The molecule has 0 atom stereocenters. The number of hydrogen-bond acceptors (Lipinski definition) is 9. The number of esters is 1. The summed E-state index contributed by atoms with van der Waals surface area (Å²) >= 11 is 2.14. The van der Waals surface area contributed by atoms with Crippen molar-refractivity contribution in [3.8, 4) is 5.75 Å². The molecule has 0 aliphatic carbocycles. The van der Waals surface area contributed by atoms with Gasteiger partial charge in [-0.2, -0.15) is 0 Å². The lowest BCUT2D eigenvalue weighted by molar-refractivity contribution is -0.113. The maximum absolute atomic E-state index is 12.6. The smallest absolute Gasteiger partial charge is 0.341 e. The van der Waals surface area contributed by atoms with Crippen molar-refractivity contribution < 1.29 is 23.9 Å². The summed E-state index contributed by atoms with van der Waals surface area (Å²) in [6.45, 7) is 6.47. The molecule has 0 saturated heterocycles. The van der Waals surface area contributed by atoms with Crippen LogP contribution in [0.4, 0.5) is 5.00 Å². The topological polar surface area (TPSA) is 138 Å². The van der Waals surface area contributed by atoms with Gasteiger partial charge in [0.05, 0.1) is 23.3 Å². The number of aryl methyl sites for hydroxylation is 1. The van der Waals surface area contributed by atoms with Crippen LogP contribution >= 0.6 is 23.1 Å². The largest absolute Gasteiger partial charge is 0.486 e. The summed E-state index contributed by atoms with van der Waals surface area (Å²) in [4.78, 5) is 36.7. The summed E-state index contributed by atoms with van der Waals surface area (Å²) in [6, 6.07) is 7.88. The molecule has 0 unspecified atom stereocenters. The van der Waals surface area contributed by atoms with Crippen molar-refractivity contribution in [3.63, 3.8) is 0 Å². The Labute approximate surface area is 211 Å². The molecule has 10 nitrogen and oxygen atoms in total. The minimum Gasteiger partial charge on any atom is -0.486 e. The van der Waals surface area contributed by atoms with Crippen LogP contribution in [0.1, 0.15) is 50.8 Å². The van der Waals surface area contributed by atoms with E-state index in [-0.39, 0.29) is 33.7 Å². The predicted molar refractivity (Wildman–Crippen MR) is 134 cm³/mol. The first-order chi connectivity index (χ1) is 16.8. The van der Waals surface area contributed by atoms with Crippen LogP contribution in [0.2, 0.25) is 0 Å². The second kappa shape index (κ2) is 11.8. The van der Waals surface area contributed by atoms with Gasteiger partial charge in [0.25, 0.3) is 5.91 Å². The van der Waals surface area contributed by atoms with E-state index in [1.165, 1.54) is 24.4 Å². The van der Waals surface area contributed by atoms with Gasteiger partial charge in [-0.05, 0) is 43.5 Å². The normalized spacial score (nSPS) is 10.7. The van der Waals surface area contributed by atoms with E-state index >= 15 is 0 Å². The molecular formula is C23H27N5O5S2. The highest BCUT2D eigenvalue weighted by atomic mass is 32.2. The molecule has 3 aromatic rings. The first-order valence-corrected chi connectivity index (χ1v) is 12.7. The summed E-state index contributed by atoms with van der Waals surface area (Å²) in [5.41, 5.74) is 7.11. The van der Waals surface area contributed by atoms with Crippen LogP contribution in [0.15, 0.2) is 29.4 Å². The molecule has 0 fully saturated rings. The number of aromatic nitrogens is 3. The highest BCUT2D eigenvalue weighted by Gasteiger charge is 2.25. The summed E-state index contributed by atoms with van der Waals surface area (Å²) in [6.07, 6.45) is 0.959. The van der Waals surface area contributed by atoms with Crippen LogP contribution in [0.5, 0.6) is 5.75 Å². The Kier molecular flexibility index (Phi) is 8.88. The van der Waals surface area contributed by atoms with Crippen molar-refractivity contribution in [3.05, 3.63) is 51.7 Å². The molecular weight excluding hydrogens is 490 g/mol. The molecule has 0 radical (unpaired) electrons. The monoisotopic (exact) mass is 517 g/mol. The highest BCUT2D eigenvalue weighted by Crippen LogP contribution is 2.33. The Balaban J connectivity index is 1.65. The number of methoxy groups -OCH3 is 1. The first-order valence-electron chi connectivity index (χ1n) is 10.9. The van der Waals surface area contributed by atoms with Gasteiger partial charge in [-0.1, -0.05) is 30.8 Å². The molecule has 2 heterocycles. The SMILES string of the molecule is CCc1ccc(OCc2nnc(SCC(=O)Nc3sc(C(N)=O)c(C)c3C(=O)OC)n2CC)cc1. The van der Waals surface area contributed by atoms with Gasteiger partial charge in [-0.3, -0.25) is 9.59 Å². The number of nitrogens with one attached hydrogen (secondary N) is 1. The molecule has 1 aromatic carbocycles. The zero-order valence-corrected chi connectivity index (χ0v) is 21.5. The number of amides is 2. The van der Waals surface area contributed by atoms with E-state index in [9.17, 15) is 14.4 Å². The summed E-state index contributed by atoms with van der Waals surface area (Å²) in [5, 5.41) is 11.9. The number of anilines is 1. The van der Waals surface area contributed by atoms with Crippen LogP contribution in [0.25, 0.3) is 0 Å². The van der Waals surface area contributed by atoms with E-state index in [0.29, 0.717) is 23.1 Å². The fraction of sp³-hybridized carbons (Fsp3) is 0.348. The lowest BCUT2D eigenvalue weighted by Gasteiger charge is -2.09. The molecule has 0 aliphatic rings. The second-order valence-corrected chi connectivity index (χ2v) is 9.35. The third kappa shape index (κ3) is 6.20. The van der Waals surface area contributed by atoms with Crippen molar-refractivity contribution in [1.82, 2.24) is 14.8 Å². The van der Waals surface area contributed by atoms with E-state index in [2.05, 4.69) is 22.4 Å². The molecule has 2 aromatic heterocycles. The highest BCUT2D eigenvalue weighted by molar-refractivity contribution is 7.99. The number of ether oxygens (including phenoxy) is 2. The number of benzene rings is 1. The van der Waals surface area contributed by atoms with E-state index in [0.717, 1.165) is 23.5 Å². The van der Waals surface area contributed by atoms with Gasteiger partial charge in [0.2, 0.25) is 5.91 Å². The third-order valence-electron chi connectivity index (χ3n) is 5.15. The number of rotatable bonds is 11. The Morgan fingerprint density at radius 3 is 2.49 bits per heavy atom. The fourth-order valence-electron chi connectivity index (χ4n) is 3.30. The van der Waals surface area contributed by atoms with E-state index < -0.39 is 11.9 Å². The van der Waals surface area contributed by atoms with Crippen molar-refractivity contribution in [2.45, 2.75) is 45.5 Å². The Bertz CT molecular complexity index is 1220. The number of nitrogens with zero attached hydrogens (tertiary/aromatic N) is 3. The van der Waals surface area contributed by atoms with Crippen molar-refractivity contribution in [1.29, 1.82) is 0 Å². The number of carbonyl (C=O) groups excluding carboxylic acids is 3.